The molecule has 0 N–H and O–H groups in total. The Morgan fingerprint density at radius 1 is 1.57 bits per heavy atom. The lowest BCUT2D eigenvalue weighted by Gasteiger charge is -2.37. The van der Waals surface area contributed by atoms with E-state index < -0.39 is 0 Å². The smallest absolute Gasteiger partial charge is 0.319 e. The number of esters is 1. The second-order valence-corrected chi connectivity index (χ2v) is 3.54. The standard InChI is InChI=1S/C9H16N2O3/c1-10-5-4-7(6-8(12)14-3)11(2)9(10)13/h7H,4-6H2,1-3H3. The van der Waals surface area contributed by atoms with E-state index in [-0.39, 0.29) is 24.5 Å². The van der Waals surface area contributed by atoms with Crippen LogP contribution in [0.1, 0.15) is 12.8 Å². The Hall–Kier alpha value is -1.26. The molecule has 14 heavy (non-hydrogen) atoms. The number of amides is 2. The van der Waals surface area contributed by atoms with Gasteiger partial charge in [-0.3, -0.25) is 4.79 Å². The van der Waals surface area contributed by atoms with Gasteiger partial charge in [-0.25, -0.2) is 4.79 Å². The number of hydrogen-bond donors (Lipinski definition) is 0. The largest absolute Gasteiger partial charge is 0.469 e. The molecule has 1 fully saturated rings. The number of urea groups is 1. The monoisotopic (exact) mass is 200 g/mol. The molecule has 1 unspecified atom stereocenters. The molecule has 5 nitrogen and oxygen atoms in total. The van der Waals surface area contributed by atoms with Crippen LogP contribution in [0, 0.1) is 0 Å². The molecule has 0 aliphatic carbocycles. The minimum absolute atomic E-state index is 0.0221. The van der Waals surface area contributed by atoms with Crippen LogP contribution >= 0.6 is 0 Å². The summed E-state index contributed by atoms with van der Waals surface area (Å²) in [5.41, 5.74) is 0. The first-order valence-electron chi connectivity index (χ1n) is 4.61. The van der Waals surface area contributed by atoms with Gasteiger partial charge >= 0.3 is 12.0 Å². The van der Waals surface area contributed by atoms with Crippen LogP contribution in [0.5, 0.6) is 0 Å². The van der Waals surface area contributed by atoms with Crippen molar-refractivity contribution < 1.29 is 14.3 Å². The molecular weight excluding hydrogens is 184 g/mol. The van der Waals surface area contributed by atoms with Crippen LogP contribution in [0.15, 0.2) is 0 Å². The zero-order valence-electron chi connectivity index (χ0n) is 8.82. The molecule has 5 heteroatoms. The predicted molar refractivity (Wildman–Crippen MR) is 50.8 cm³/mol. The molecule has 1 saturated heterocycles. The highest BCUT2D eigenvalue weighted by Gasteiger charge is 2.29. The van der Waals surface area contributed by atoms with Gasteiger partial charge in [0.15, 0.2) is 0 Å². The third kappa shape index (κ3) is 2.16. The fourth-order valence-electron chi connectivity index (χ4n) is 1.57. The number of ether oxygens (including phenoxy) is 1. The molecule has 0 aromatic rings. The predicted octanol–water partition coefficient (Wildman–Crippen LogP) is 0.305. The lowest BCUT2D eigenvalue weighted by atomic mass is 10.1. The van der Waals surface area contributed by atoms with Crippen LogP contribution in [0.4, 0.5) is 4.79 Å². The van der Waals surface area contributed by atoms with E-state index in [2.05, 4.69) is 4.74 Å². The van der Waals surface area contributed by atoms with Crippen molar-refractivity contribution in [2.75, 3.05) is 27.7 Å². The second-order valence-electron chi connectivity index (χ2n) is 3.54. The highest BCUT2D eigenvalue weighted by Crippen LogP contribution is 2.15. The number of carbonyl (C=O) groups excluding carboxylic acids is 2. The van der Waals surface area contributed by atoms with Gasteiger partial charge in [0, 0.05) is 26.7 Å². The van der Waals surface area contributed by atoms with Crippen molar-refractivity contribution in [1.29, 1.82) is 0 Å². The molecule has 1 aliphatic rings. The minimum Gasteiger partial charge on any atom is -0.469 e. The molecule has 0 aromatic heterocycles. The van der Waals surface area contributed by atoms with Crippen molar-refractivity contribution in [3.05, 3.63) is 0 Å². The van der Waals surface area contributed by atoms with Gasteiger partial charge in [-0.15, -0.1) is 0 Å². The van der Waals surface area contributed by atoms with Crippen molar-refractivity contribution in [2.24, 2.45) is 0 Å². The third-order valence-electron chi connectivity index (χ3n) is 2.60. The molecule has 1 rings (SSSR count). The fraction of sp³-hybridized carbons (Fsp3) is 0.778. The molecule has 0 radical (unpaired) electrons. The fourth-order valence-corrected chi connectivity index (χ4v) is 1.57. The minimum atomic E-state index is -0.265. The van der Waals surface area contributed by atoms with E-state index >= 15 is 0 Å². The first-order valence-corrected chi connectivity index (χ1v) is 4.61. The molecule has 0 aromatic carbocycles. The van der Waals surface area contributed by atoms with Gasteiger partial charge in [0.25, 0.3) is 0 Å². The maximum atomic E-state index is 11.5. The van der Waals surface area contributed by atoms with Crippen LogP contribution in [-0.2, 0) is 9.53 Å². The average Bonchev–Trinajstić information content (AvgIpc) is 2.19. The molecule has 0 saturated carbocycles. The maximum absolute atomic E-state index is 11.5. The van der Waals surface area contributed by atoms with Crippen LogP contribution < -0.4 is 0 Å². The Balaban J connectivity index is 2.55. The summed E-state index contributed by atoms with van der Waals surface area (Å²) in [7, 11) is 4.83. The van der Waals surface area contributed by atoms with Crippen molar-refractivity contribution in [3.63, 3.8) is 0 Å². The number of nitrogens with zero attached hydrogens (tertiary/aromatic N) is 2. The zero-order chi connectivity index (χ0) is 10.7. The summed E-state index contributed by atoms with van der Waals surface area (Å²) in [6, 6.07) is -0.0590. The molecule has 1 atom stereocenters. The normalized spacial score (nSPS) is 22.5. The van der Waals surface area contributed by atoms with E-state index in [1.54, 1.807) is 23.9 Å². The Labute approximate surface area is 83.6 Å². The Bertz CT molecular complexity index is 242. The summed E-state index contributed by atoms with van der Waals surface area (Å²) in [6.07, 6.45) is 1.10. The molecule has 0 bridgehead atoms. The van der Waals surface area contributed by atoms with Crippen LogP contribution in [0.3, 0.4) is 0 Å². The highest BCUT2D eigenvalue weighted by atomic mass is 16.5. The van der Waals surface area contributed by atoms with Crippen LogP contribution in [-0.4, -0.2) is 55.6 Å². The Morgan fingerprint density at radius 3 is 2.79 bits per heavy atom. The summed E-state index contributed by atoms with van der Waals surface area (Å²) in [6.45, 7) is 0.699. The topological polar surface area (TPSA) is 49.9 Å². The Kier molecular flexibility index (Phi) is 3.33. The highest BCUT2D eigenvalue weighted by molar-refractivity contribution is 5.77. The summed E-state index contributed by atoms with van der Waals surface area (Å²) in [5, 5.41) is 0. The van der Waals surface area contributed by atoms with Crippen molar-refractivity contribution in [3.8, 4) is 0 Å². The lowest BCUT2D eigenvalue weighted by molar-refractivity contribution is -0.141. The van der Waals surface area contributed by atoms with Crippen molar-refractivity contribution in [1.82, 2.24) is 9.80 Å². The molecular formula is C9H16N2O3. The van der Waals surface area contributed by atoms with Gasteiger partial charge in [-0.2, -0.15) is 0 Å². The SMILES string of the molecule is COC(=O)CC1CCN(C)C(=O)N1C. The number of rotatable bonds is 2. The molecule has 1 aliphatic heterocycles. The van der Waals surface area contributed by atoms with Gasteiger partial charge in [0.05, 0.1) is 13.5 Å². The average molecular weight is 200 g/mol. The third-order valence-corrected chi connectivity index (χ3v) is 2.60. The van der Waals surface area contributed by atoms with Gasteiger partial charge in [0.2, 0.25) is 0 Å². The molecule has 1 heterocycles. The summed E-state index contributed by atoms with van der Waals surface area (Å²) >= 11 is 0. The van der Waals surface area contributed by atoms with E-state index in [4.69, 9.17) is 0 Å². The van der Waals surface area contributed by atoms with Gasteiger partial charge in [-0.1, -0.05) is 0 Å². The van der Waals surface area contributed by atoms with Crippen molar-refractivity contribution in [2.45, 2.75) is 18.9 Å². The van der Waals surface area contributed by atoms with E-state index in [0.717, 1.165) is 6.42 Å². The molecule has 80 valence electrons. The first kappa shape index (κ1) is 10.8. The number of methoxy groups -OCH3 is 1. The van der Waals surface area contributed by atoms with Crippen LogP contribution in [0.2, 0.25) is 0 Å². The first-order chi connectivity index (χ1) is 6.56. The van der Waals surface area contributed by atoms with E-state index in [1.165, 1.54) is 7.11 Å². The maximum Gasteiger partial charge on any atom is 0.319 e. The lowest BCUT2D eigenvalue weighted by Crippen LogP contribution is -2.51. The summed E-state index contributed by atoms with van der Waals surface area (Å²) in [5.74, 6) is -0.265. The summed E-state index contributed by atoms with van der Waals surface area (Å²) < 4.78 is 4.57. The van der Waals surface area contributed by atoms with Gasteiger partial charge in [0.1, 0.15) is 0 Å². The second kappa shape index (κ2) is 4.30. The number of carbonyl (C=O) groups is 2. The zero-order valence-corrected chi connectivity index (χ0v) is 8.82. The molecule has 2 amide bonds. The van der Waals surface area contributed by atoms with E-state index in [1.807, 2.05) is 0 Å². The Morgan fingerprint density at radius 2 is 2.21 bits per heavy atom. The van der Waals surface area contributed by atoms with Gasteiger partial charge < -0.3 is 14.5 Å². The number of hydrogen-bond acceptors (Lipinski definition) is 3. The van der Waals surface area contributed by atoms with E-state index in [9.17, 15) is 9.59 Å². The molecule has 0 spiro atoms. The quantitative estimate of drug-likeness (QED) is 0.603. The van der Waals surface area contributed by atoms with Gasteiger partial charge in [-0.05, 0) is 6.42 Å². The van der Waals surface area contributed by atoms with Crippen LogP contribution in [0.25, 0.3) is 0 Å². The van der Waals surface area contributed by atoms with E-state index in [0.29, 0.717) is 6.54 Å². The summed E-state index contributed by atoms with van der Waals surface area (Å²) in [4.78, 5) is 25.8. The van der Waals surface area contributed by atoms with Crippen molar-refractivity contribution >= 4 is 12.0 Å².